The molecule has 0 saturated carbocycles. The fourth-order valence-electron chi connectivity index (χ4n) is 1.41. The minimum absolute atomic E-state index is 0.755. The molecule has 1 rings (SSSR count). The minimum atomic E-state index is 0.755. The van der Waals surface area contributed by atoms with Gasteiger partial charge in [-0.2, -0.15) is 5.26 Å². The Kier molecular flexibility index (Phi) is 3.75. The van der Waals surface area contributed by atoms with Crippen LogP contribution in [0.5, 0.6) is 11.5 Å². The molecule has 3 heteroatoms. The van der Waals surface area contributed by atoms with Crippen molar-refractivity contribution < 1.29 is 9.47 Å². The van der Waals surface area contributed by atoms with Crippen molar-refractivity contribution >= 4 is 6.08 Å². The molecule has 0 N–H and O–H groups in total. The minimum Gasteiger partial charge on any atom is -0.497 e. The largest absolute Gasteiger partial charge is 0.497 e. The second kappa shape index (κ2) is 5.06. The van der Waals surface area contributed by atoms with Gasteiger partial charge >= 0.3 is 0 Å². The lowest BCUT2D eigenvalue weighted by Gasteiger charge is -2.10. The van der Waals surface area contributed by atoms with Crippen LogP contribution in [0.3, 0.4) is 0 Å². The number of hydrogen-bond donors (Lipinski definition) is 0. The molecule has 1 aromatic carbocycles. The van der Waals surface area contributed by atoms with Gasteiger partial charge < -0.3 is 9.47 Å². The Morgan fingerprint density at radius 3 is 2.53 bits per heavy atom. The average molecular weight is 203 g/mol. The molecule has 0 aliphatic heterocycles. The van der Waals surface area contributed by atoms with Crippen LogP contribution in [-0.4, -0.2) is 14.2 Å². The van der Waals surface area contributed by atoms with E-state index in [1.165, 1.54) is 6.08 Å². The van der Waals surface area contributed by atoms with Crippen molar-refractivity contribution in [1.82, 2.24) is 0 Å². The first-order chi connectivity index (χ1) is 7.22. The standard InChI is InChI=1S/C12H13NO2/c1-9-7-11(14-2)8-10(5-4-6-13)12(9)15-3/h4-5,7-8H,1-3H3. The number of nitrogens with zero attached hydrogens (tertiary/aromatic N) is 1. The Hall–Kier alpha value is -1.95. The van der Waals surface area contributed by atoms with Gasteiger partial charge in [0.05, 0.1) is 20.3 Å². The third-order valence-electron chi connectivity index (χ3n) is 2.05. The highest BCUT2D eigenvalue weighted by Gasteiger charge is 2.06. The van der Waals surface area contributed by atoms with Gasteiger partial charge in [0.15, 0.2) is 0 Å². The summed E-state index contributed by atoms with van der Waals surface area (Å²) in [5, 5.41) is 8.48. The van der Waals surface area contributed by atoms with Crippen molar-refractivity contribution in [2.75, 3.05) is 14.2 Å². The average Bonchev–Trinajstić information content (AvgIpc) is 2.25. The zero-order valence-corrected chi connectivity index (χ0v) is 9.07. The number of ether oxygens (including phenoxy) is 2. The lowest BCUT2D eigenvalue weighted by Crippen LogP contribution is -1.93. The smallest absolute Gasteiger partial charge is 0.129 e. The molecule has 78 valence electrons. The van der Waals surface area contributed by atoms with Gasteiger partial charge in [-0.25, -0.2) is 0 Å². The molecule has 0 atom stereocenters. The van der Waals surface area contributed by atoms with E-state index in [2.05, 4.69) is 0 Å². The Labute approximate surface area is 89.6 Å². The predicted molar refractivity (Wildman–Crippen MR) is 58.9 cm³/mol. The molecule has 3 nitrogen and oxygen atoms in total. The molecule has 0 spiro atoms. The van der Waals surface area contributed by atoms with Crippen molar-refractivity contribution in [3.63, 3.8) is 0 Å². The Balaban J connectivity index is 3.26. The second-order valence-electron chi connectivity index (χ2n) is 3.03. The summed E-state index contributed by atoms with van der Waals surface area (Å²) in [5.74, 6) is 1.52. The monoisotopic (exact) mass is 203 g/mol. The number of nitriles is 1. The second-order valence-corrected chi connectivity index (χ2v) is 3.03. The highest BCUT2D eigenvalue weighted by molar-refractivity contribution is 5.63. The third-order valence-corrected chi connectivity index (χ3v) is 2.05. The number of aryl methyl sites for hydroxylation is 1. The summed E-state index contributed by atoms with van der Waals surface area (Å²) in [7, 11) is 3.22. The normalized spacial score (nSPS) is 10.0. The van der Waals surface area contributed by atoms with Gasteiger partial charge in [-0.05, 0) is 30.7 Å². The molecule has 0 aromatic heterocycles. The molecule has 0 unspecified atom stereocenters. The van der Waals surface area contributed by atoms with Crippen LogP contribution >= 0.6 is 0 Å². The van der Waals surface area contributed by atoms with E-state index >= 15 is 0 Å². The number of rotatable bonds is 3. The van der Waals surface area contributed by atoms with Crippen LogP contribution in [0.4, 0.5) is 0 Å². The van der Waals surface area contributed by atoms with E-state index in [-0.39, 0.29) is 0 Å². The Bertz CT molecular complexity index is 416. The van der Waals surface area contributed by atoms with Crippen molar-refractivity contribution in [3.8, 4) is 17.6 Å². The molecule has 15 heavy (non-hydrogen) atoms. The van der Waals surface area contributed by atoms with Gasteiger partial charge in [-0.15, -0.1) is 0 Å². The summed E-state index contributed by atoms with van der Waals surface area (Å²) >= 11 is 0. The molecule has 0 heterocycles. The summed E-state index contributed by atoms with van der Waals surface area (Å²) in [6.07, 6.45) is 3.12. The van der Waals surface area contributed by atoms with E-state index in [9.17, 15) is 0 Å². The fraction of sp³-hybridized carbons (Fsp3) is 0.250. The summed E-state index contributed by atoms with van der Waals surface area (Å²) in [6.45, 7) is 1.94. The highest BCUT2D eigenvalue weighted by atomic mass is 16.5. The van der Waals surface area contributed by atoms with Gasteiger partial charge in [-0.1, -0.05) is 0 Å². The molecule has 0 aliphatic rings. The van der Waals surface area contributed by atoms with Crippen LogP contribution in [-0.2, 0) is 0 Å². The highest BCUT2D eigenvalue weighted by Crippen LogP contribution is 2.29. The van der Waals surface area contributed by atoms with Crippen LogP contribution in [0, 0.1) is 18.3 Å². The zero-order chi connectivity index (χ0) is 11.3. The summed E-state index contributed by atoms with van der Waals surface area (Å²) in [4.78, 5) is 0. The Morgan fingerprint density at radius 1 is 1.27 bits per heavy atom. The van der Waals surface area contributed by atoms with Crippen LogP contribution in [0.15, 0.2) is 18.2 Å². The quantitative estimate of drug-likeness (QED) is 0.709. The molecule has 1 aromatic rings. The number of methoxy groups -OCH3 is 2. The van der Waals surface area contributed by atoms with Crippen LogP contribution in [0.1, 0.15) is 11.1 Å². The molecule has 0 radical (unpaired) electrons. The van der Waals surface area contributed by atoms with Crippen molar-refractivity contribution in [3.05, 3.63) is 29.3 Å². The topological polar surface area (TPSA) is 42.2 Å². The van der Waals surface area contributed by atoms with E-state index < -0.39 is 0 Å². The maximum atomic E-state index is 8.48. The van der Waals surface area contributed by atoms with Crippen LogP contribution in [0.2, 0.25) is 0 Å². The van der Waals surface area contributed by atoms with Gasteiger partial charge in [0, 0.05) is 11.6 Å². The predicted octanol–water partition coefficient (Wildman–Crippen LogP) is 2.55. The molecule has 0 saturated heterocycles. The molecule has 0 amide bonds. The molecule has 0 fully saturated rings. The number of benzene rings is 1. The maximum Gasteiger partial charge on any atom is 0.129 e. The van der Waals surface area contributed by atoms with E-state index in [0.29, 0.717) is 0 Å². The SMILES string of the molecule is COc1cc(C)c(OC)c(C=CC#N)c1. The van der Waals surface area contributed by atoms with Crippen molar-refractivity contribution in [2.24, 2.45) is 0 Å². The molecular formula is C12H13NO2. The van der Waals surface area contributed by atoms with Gasteiger partial charge in [0.2, 0.25) is 0 Å². The molecule has 0 aliphatic carbocycles. The van der Waals surface area contributed by atoms with Crippen LogP contribution < -0.4 is 9.47 Å². The van der Waals surface area contributed by atoms with Gasteiger partial charge in [0.25, 0.3) is 0 Å². The van der Waals surface area contributed by atoms with E-state index in [1.54, 1.807) is 20.3 Å². The van der Waals surface area contributed by atoms with E-state index in [4.69, 9.17) is 14.7 Å². The third kappa shape index (κ3) is 2.50. The Morgan fingerprint density at radius 2 is 2.00 bits per heavy atom. The first-order valence-corrected chi connectivity index (χ1v) is 4.51. The van der Waals surface area contributed by atoms with Crippen LogP contribution in [0.25, 0.3) is 6.08 Å². The van der Waals surface area contributed by atoms with Crippen molar-refractivity contribution in [1.29, 1.82) is 5.26 Å². The van der Waals surface area contributed by atoms with E-state index in [0.717, 1.165) is 22.6 Å². The molecule has 0 bridgehead atoms. The van der Waals surface area contributed by atoms with Gasteiger partial charge in [-0.3, -0.25) is 0 Å². The maximum absolute atomic E-state index is 8.48. The number of hydrogen-bond acceptors (Lipinski definition) is 3. The fourth-order valence-corrected chi connectivity index (χ4v) is 1.41. The lowest BCUT2D eigenvalue weighted by atomic mass is 10.1. The lowest BCUT2D eigenvalue weighted by molar-refractivity contribution is 0.399. The first-order valence-electron chi connectivity index (χ1n) is 4.51. The summed E-state index contributed by atoms with van der Waals surface area (Å²) in [5.41, 5.74) is 1.82. The first kappa shape index (κ1) is 11.1. The summed E-state index contributed by atoms with van der Waals surface area (Å²) < 4.78 is 10.4. The zero-order valence-electron chi connectivity index (χ0n) is 9.07. The van der Waals surface area contributed by atoms with E-state index in [1.807, 2.05) is 25.1 Å². The number of allylic oxidation sites excluding steroid dienone is 1. The van der Waals surface area contributed by atoms with Gasteiger partial charge in [0.1, 0.15) is 11.5 Å². The molecular weight excluding hydrogens is 190 g/mol. The summed E-state index contributed by atoms with van der Waals surface area (Å²) in [6, 6.07) is 5.67. The van der Waals surface area contributed by atoms with Crippen molar-refractivity contribution in [2.45, 2.75) is 6.92 Å².